The number of nitrogens with zero attached hydrogens (tertiary/aromatic N) is 1. The van der Waals surface area contributed by atoms with Gasteiger partial charge in [-0.05, 0) is 0 Å². The summed E-state index contributed by atoms with van der Waals surface area (Å²) in [5.41, 5.74) is 0. The maximum Gasteiger partial charge on any atom is 0.409 e. The molecule has 1 saturated heterocycles. The van der Waals surface area contributed by atoms with Gasteiger partial charge in [-0.3, -0.25) is 0 Å². The number of hydrogen-bond acceptors (Lipinski definition) is 3. The molecule has 4 nitrogen and oxygen atoms in total. The van der Waals surface area contributed by atoms with Gasteiger partial charge < -0.3 is 14.4 Å². The van der Waals surface area contributed by atoms with E-state index in [1.807, 2.05) is 0 Å². The lowest BCUT2D eigenvalue weighted by Crippen LogP contribution is -2.28. The third kappa shape index (κ3) is 2.38. The molecule has 0 saturated carbocycles. The molecule has 0 spiro atoms. The highest BCUT2D eigenvalue weighted by atomic mass is 16.6. The van der Waals surface area contributed by atoms with E-state index in [1.165, 1.54) is 4.90 Å². The van der Waals surface area contributed by atoms with E-state index >= 15 is 0 Å². The molecule has 1 fully saturated rings. The number of ether oxygens (including phenoxy) is 2. The Morgan fingerprint density at radius 3 is 2.82 bits per heavy atom. The predicted octanol–water partition coefficient (Wildman–Crippen LogP) is 0.474. The molecule has 1 atom stereocenters. The minimum atomic E-state index is -0.291. The van der Waals surface area contributed by atoms with Crippen molar-refractivity contribution >= 4 is 6.09 Å². The van der Waals surface area contributed by atoms with Gasteiger partial charge in [-0.25, -0.2) is 4.79 Å². The minimum Gasteiger partial charge on any atom is -0.444 e. The van der Waals surface area contributed by atoms with Crippen LogP contribution >= 0.6 is 0 Å². The van der Waals surface area contributed by atoms with E-state index in [-0.39, 0.29) is 12.2 Å². The molecule has 1 heterocycles. The highest BCUT2D eigenvalue weighted by molar-refractivity contribution is 5.66. The molecule has 0 aromatic carbocycles. The van der Waals surface area contributed by atoms with Crippen molar-refractivity contribution in [3.63, 3.8) is 0 Å². The van der Waals surface area contributed by atoms with Crippen LogP contribution in [-0.2, 0) is 9.47 Å². The Morgan fingerprint density at radius 1 is 1.64 bits per heavy atom. The van der Waals surface area contributed by atoms with Gasteiger partial charge in [0.1, 0.15) is 6.10 Å². The molecule has 1 rings (SSSR count). The third-order valence-corrected chi connectivity index (χ3v) is 1.52. The van der Waals surface area contributed by atoms with Gasteiger partial charge in [0.15, 0.2) is 0 Å². The van der Waals surface area contributed by atoms with Gasteiger partial charge >= 0.3 is 6.09 Å². The van der Waals surface area contributed by atoms with E-state index in [4.69, 9.17) is 9.47 Å². The number of rotatable bonds is 1. The van der Waals surface area contributed by atoms with Gasteiger partial charge in [-0.2, -0.15) is 0 Å². The smallest absolute Gasteiger partial charge is 0.409 e. The molecule has 1 amide bonds. The van der Waals surface area contributed by atoms with E-state index in [9.17, 15) is 4.79 Å². The monoisotopic (exact) mass is 159 g/mol. The van der Waals surface area contributed by atoms with Crippen LogP contribution in [0.4, 0.5) is 4.79 Å². The summed E-state index contributed by atoms with van der Waals surface area (Å²) in [6.07, 6.45) is 0.491. The summed E-state index contributed by atoms with van der Waals surface area (Å²) in [6, 6.07) is 0. The summed E-state index contributed by atoms with van der Waals surface area (Å²) < 4.78 is 10.1. The Labute approximate surface area is 66.1 Å². The molecule has 64 valence electrons. The van der Waals surface area contributed by atoms with Crippen LogP contribution in [0.5, 0.6) is 0 Å². The minimum absolute atomic E-state index is 0.0371. The predicted molar refractivity (Wildman–Crippen MR) is 39.4 cm³/mol. The van der Waals surface area contributed by atoms with Crippen LogP contribution < -0.4 is 0 Å². The first kappa shape index (κ1) is 8.33. The number of amides is 1. The molecular formula is C7H13NO3. The van der Waals surface area contributed by atoms with Crippen LogP contribution in [0.2, 0.25) is 0 Å². The third-order valence-electron chi connectivity index (χ3n) is 1.52. The number of hydrogen-bond donors (Lipinski definition) is 0. The van der Waals surface area contributed by atoms with Crippen LogP contribution in [0.3, 0.4) is 0 Å². The van der Waals surface area contributed by atoms with Crippen molar-refractivity contribution in [1.29, 1.82) is 0 Å². The Kier molecular flexibility index (Phi) is 2.70. The van der Waals surface area contributed by atoms with Crippen molar-refractivity contribution in [2.75, 3.05) is 27.3 Å². The van der Waals surface area contributed by atoms with Crippen molar-refractivity contribution in [2.24, 2.45) is 0 Å². The highest BCUT2D eigenvalue weighted by Gasteiger charge is 2.20. The van der Waals surface area contributed by atoms with Crippen molar-refractivity contribution in [3.8, 4) is 0 Å². The largest absolute Gasteiger partial charge is 0.444 e. The Morgan fingerprint density at radius 2 is 2.36 bits per heavy atom. The maximum absolute atomic E-state index is 10.9. The van der Waals surface area contributed by atoms with E-state index in [0.29, 0.717) is 13.2 Å². The highest BCUT2D eigenvalue weighted by Crippen LogP contribution is 2.08. The molecule has 0 bridgehead atoms. The second-order valence-electron chi connectivity index (χ2n) is 2.76. The van der Waals surface area contributed by atoms with Gasteiger partial charge in [0.05, 0.1) is 13.2 Å². The van der Waals surface area contributed by atoms with E-state index in [0.717, 1.165) is 6.42 Å². The SMILES string of the molecule is CN(C)C(=O)OC1CCOC1. The van der Waals surface area contributed by atoms with Gasteiger partial charge in [0.25, 0.3) is 0 Å². The van der Waals surface area contributed by atoms with Gasteiger partial charge in [-0.15, -0.1) is 0 Å². The average Bonchev–Trinajstić information content (AvgIpc) is 2.39. The van der Waals surface area contributed by atoms with Crippen LogP contribution in [0.1, 0.15) is 6.42 Å². The zero-order valence-electron chi connectivity index (χ0n) is 6.87. The fourth-order valence-electron chi connectivity index (χ4n) is 0.854. The lowest BCUT2D eigenvalue weighted by molar-refractivity contribution is 0.0647. The van der Waals surface area contributed by atoms with Gasteiger partial charge in [-0.1, -0.05) is 0 Å². The zero-order chi connectivity index (χ0) is 8.27. The standard InChI is InChI=1S/C7H13NO3/c1-8(2)7(9)11-6-3-4-10-5-6/h6H,3-5H2,1-2H3. The first-order valence-electron chi connectivity index (χ1n) is 3.66. The second kappa shape index (κ2) is 3.57. The first-order valence-corrected chi connectivity index (χ1v) is 3.66. The Hall–Kier alpha value is -0.770. The summed E-state index contributed by atoms with van der Waals surface area (Å²) in [5.74, 6) is 0. The molecule has 0 aromatic heterocycles. The fourth-order valence-corrected chi connectivity index (χ4v) is 0.854. The summed E-state index contributed by atoms with van der Waals surface area (Å²) in [5, 5.41) is 0. The lowest BCUT2D eigenvalue weighted by Gasteiger charge is -2.14. The second-order valence-corrected chi connectivity index (χ2v) is 2.76. The van der Waals surface area contributed by atoms with Crippen molar-refractivity contribution < 1.29 is 14.3 Å². The Bertz CT molecular complexity index is 141. The summed E-state index contributed by atoms with van der Waals surface area (Å²) >= 11 is 0. The molecule has 11 heavy (non-hydrogen) atoms. The lowest BCUT2D eigenvalue weighted by atomic mass is 10.3. The maximum atomic E-state index is 10.9. The van der Waals surface area contributed by atoms with E-state index in [2.05, 4.69) is 0 Å². The molecule has 1 aliphatic rings. The first-order chi connectivity index (χ1) is 5.20. The van der Waals surface area contributed by atoms with Crippen molar-refractivity contribution in [3.05, 3.63) is 0 Å². The van der Waals surface area contributed by atoms with E-state index in [1.54, 1.807) is 14.1 Å². The molecule has 0 N–H and O–H groups in total. The molecule has 4 heteroatoms. The van der Waals surface area contributed by atoms with E-state index < -0.39 is 0 Å². The van der Waals surface area contributed by atoms with Crippen LogP contribution in [0.25, 0.3) is 0 Å². The molecule has 0 aliphatic carbocycles. The number of carbonyl (C=O) groups is 1. The molecule has 1 aliphatic heterocycles. The molecule has 1 unspecified atom stereocenters. The summed E-state index contributed by atoms with van der Waals surface area (Å²) in [6.45, 7) is 1.24. The molecule has 0 aromatic rings. The van der Waals surface area contributed by atoms with Crippen LogP contribution in [0.15, 0.2) is 0 Å². The zero-order valence-corrected chi connectivity index (χ0v) is 6.87. The average molecular weight is 159 g/mol. The number of carbonyl (C=O) groups excluding carboxylic acids is 1. The molecule has 0 radical (unpaired) electrons. The Balaban J connectivity index is 2.24. The van der Waals surface area contributed by atoms with Gasteiger partial charge in [0, 0.05) is 20.5 Å². The summed E-state index contributed by atoms with van der Waals surface area (Å²) in [7, 11) is 3.33. The fraction of sp³-hybridized carbons (Fsp3) is 0.857. The van der Waals surface area contributed by atoms with Crippen molar-refractivity contribution in [2.45, 2.75) is 12.5 Å². The quantitative estimate of drug-likeness (QED) is 0.558. The van der Waals surface area contributed by atoms with Crippen LogP contribution in [-0.4, -0.2) is 44.4 Å². The topological polar surface area (TPSA) is 38.8 Å². The molecular weight excluding hydrogens is 146 g/mol. The van der Waals surface area contributed by atoms with Gasteiger partial charge in [0.2, 0.25) is 0 Å². The normalized spacial score (nSPS) is 23.3. The van der Waals surface area contributed by atoms with Crippen LogP contribution in [0, 0.1) is 0 Å². The van der Waals surface area contributed by atoms with Crippen molar-refractivity contribution in [1.82, 2.24) is 4.90 Å². The summed E-state index contributed by atoms with van der Waals surface area (Å²) in [4.78, 5) is 12.4.